The normalized spacial score (nSPS) is 11.1. The number of hydrogen-bond acceptors (Lipinski definition) is 7. The van der Waals surface area contributed by atoms with E-state index in [1.807, 2.05) is 19.1 Å². The number of nitrogens with zero attached hydrogens (tertiary/aromatic N) is 4. The Morgan fingerprint density at radius 3 is 2.92 bits per heavy atom. The van der Waals surface area contributed by atoms with Crippen LogP contribution in [0, 0.1) is 6.92 Å². The van der Waals surface area contributed by atoms with E-state index in [9.17, 15) is 4.39 Å². The summed E-state index contributed by atoms with van der Waals surface area (Å²) >= 11 is 3.38. The van der Waals surface area contributed by atoms with Crippen molar-refractivity contribution in [2.45, 2.75) is 19.8 Å². The van der Waals surface area contributed by atoms with Crippen molar-refractivity contribution in [3.63, 3.8) is 0 Å². The van der Waals surface area contributed by atoms with Crippen LogP contribution in [0.15, 0.2) is 21.2 Å². The van der Waals surface area contributed by atoms with Gasteiger partial charge in [0.05, 0.1) is 23.4 Å². The zero-order valence-corrected chi connectivity index (χ0v) is 14.5. The number of pyridine rings is 2. The fourth-order valence-electron chi connectivity index (χ4n) is 2.28. The number of anilines is 1. The summed E-state index contributed by atoms with van der Waals surface area (Å²) in [5, 5.41) is 7.49. The van der Waals surface area contributed by atoms with E-state index in [-0.39, 0.29) is 6.61 Å². The lowest BCUT2D eigenvalue weighted by atomic mass is 10.1. The number of nitrogen functional groups attached to an aromatic ring is 1. The number of rotatable bonds is 6. The standard InChI is InChI=1S/C15H15BrFN5O2/c1-8-10(12(18)13-14(19-8)22-24-21-13)7-9-3-4-11(16)15(20-9)23-6-2-5-17/h3-4H,2,5-7,18H2,1H3. The lowest BCUT2D eigenvalue weighted by Crippen LogP contribution is -2.06. The summed E-state index contributed by atoms with van der Waals surface area (Å²) in [6.45, 7) is 1.69. The van der Waals surface area contributed by atoms with E-state index in [0.29, 0.717) is 40.0 Å². The van der Waals surface area contributed by atoms with E-state index in [2.05, 4.69) is 40.8 Å². The molecule has 0 spiro atoms. The minimum Gasteiger partial charge on any atom is -0.477 e. The summed E-state index contributed by atoms with van der Waals surface area (Å²) in [4.78, 5) is 8.79. The van der Waals surface area contributed by atoms with Gasteiger partial charge in [-0.3, -0.25) is 4.39 Å². The first kappa shape index (κ1) is 16.6. The molecule has 0 saturated heterocycles. The van der Waals surface area contributed by atoms with Crippen molar-refractivity contribution < 1.29 is 13.8 Å². The first-order valence-corrected chi connectivity index (χ1v) is 8.11. The SMILES string of the molecule is Cc1nc2nonc2c(N)c1Cc1ccc(Br)c(OCCCF)n1. The first-order valence-electron chi connectivity index (χ1n) is 7.31. The summed E-state index contributed by atoms with van der Waals surface area (Å²) < 4.78 is 23.1. The quantitative estimate of drug-likeness (QED) is 0.640. The molecule has 3 heterocycles. The van der Waals surface area contributed by atoms with Crippen LogP contribution in [0.1, 0.15) is 23.4 Å². The Hall–Kier alpha value is -2.29. The third kappa shape index (κ3) is 3.30. The molecular weight excluding hydrogens is 381 g/mol. The van der Waals surface area contributed by atoms with Crippen LogP contribution in [0.3, 0.4) is 0 Å². The van der Waals surface area contributed by atoms with Crippen LogP contribution in [-0.2, 0) is 6.42 Å². The Kier molecular flexibility index (Phi) is 4.89. The van der Waals surface area contributed by atoms with E-state index < -0.39 is 6.67 Å². The van der Waals surface area contributed by atoms with Gasteiger partial charge in [0, 0.05) is 29.8 Å². The Morgan fingerprint density at radius 2 is 2.12 bits per heavy atom. The molecule has 0 fully saturated rings. The summed E-state index contributed by atoms with van der Waals surface area (Å²) in [5.41, 5.74) is 9.76. The van der Waals surface area contributed by atoms with E-state index in [1.54, 1.807) is 0 Å². The fraction of sp³-hybridized carbons (Fsp3) is 0.333. The molecule has 2 N–H and O–H groups in total. The molecule has 3 aromatic rings. The van der Waals surface area contributed by atoms with Crippen molar-refractivity contribution in [3.8, 4) is 5.88 Å². The average molecular weight is 396 g/mol. The van der Waals surface area contributed by atoms with Crippen molar-refractivity contribution in [2.24, 2.45) is 0 Å². The second-order valence-electron chi connectivity index (χ2n) is 5.18. The molecule has 9 heteroatoms. The van der Waals surface area contributed by atoms with Crippen molar-refractivity contribution in [3.05, 3.63) is 33.6 Å². The van der Waals surface area contributed by atoms with Crippen LogP contribution < -0.4 is 10.5 Å². The van der Waals surface area contributed by atoms with Crippen LogP contribution in [-0.4, -0.2) is 33.6 Å². The van der Waals surface area contributed by atoms with Gasteiger partial charge in [0.15, 0.2) is 5.52 Å². The summed E-state index contributed by atoms with van der Waals surface area (Å²) in [6, 6.07) is 3.69. The van der Waals surface area contributed by atoms with Gasteiger partial charge in [-0.2, -0.15) is 0 Å². The number of aromatic nitrogens is 4. The molecule has 0 aromatic carbocycles. The predicted octanol–water partition coefficient (Wildman–Crippen LogP) is 3.00. The van der Waals surface area contributed by atoms with Crippen LogP contribution in [0.4, 0.5) is 10.1 Å². The lowest BCUT2D eigenvalue weighted by Gasteiger charge is -2.11. The molecule has 0 unspecified atom stereocenters. The average Bonchev–Trinajstić information content (AvgIpc) is 3.02. The highest BCUT2D eigenvalue weighted by Crippen LogP contribution is 2.28. The number of alkyl halides is 1. The van der Waals surface area contributed by atoms with Crippen molar-refractivity contribution >= 4 is 32.8 Å². The van der Waals surface area contributed by atoms with E-state index in [4.69, 9.17) is 10.5 Å². The second kappa shape index (κ2) is 7.08. The highest BCUT2D eigenvalue weighted by atomic mass is 79.9. The number of aryl methyl sites for hydroxylation is 1. The van der Waals surface area contributed by atoms with Gasteiger partial charge < -0.3 is 10.5 Å². The predicted molar refractivity (Wildman–Crippen MR) is 89.6 cm³/mol. The maximum Gasteiger partial charge on any atom is 0.228 e. The Labute approximate surface area is 145 Å². The van der Waals surface area contributed by atoms with Gasteiger partial charge in [-0.15, -0.1) is 0 Å². The lowest BCUT2D eigenvalue weighted by molar-refractivity contribution is 0.278. The Morgan fingerprint density at radius 1 is 1.29 bits per heavy atom. The van der Waals surface area contributed by atoms with Gasteiger partial charge >= 0.3 is 0 Å². The molecule has 0 aliphatic rings. The third-order valence-corrected chi connectivity index (χ3v) is 4.11. The van der Waals surface area contributed by atoms with Crippen LogP contribution in [0.2, 0.25) is 0 Å². The molecule has 7 nitrogen and oxygen atoms in total. The number of nitrogens with two attached hydrogens (primary N) is 1. The van der Waals surface area contributed by atoms with Crippen molar-refractivity contribution in [2.75, 3.05) is 19.0 Å². The number of halogens is 2. The first-order chi connectivity index (χ1) is 11.6. The van der Waals surface area contributed by atoms with Crippen LogP contribution in [0.25, 0.3) is 11.2 Å². The fourth-order valence-corrected chi connectivity index (χ4v) is 2.62. The van der Waals surface area contributed by atoms with Crippen LogP contribution in [0.5, 0.6) is 5.88 Å². The Bertz CT molecular complexity index is 870. The molecular formula is C15H15BrFN5O2. The zero-order valence-electron chi connectivity index (χ0n) is 12.9. The highest BCUT2D eigenvalue weighted by Gasteiger charge is 2.16. The molecule has 0 radical (unpaired) electrons. The second-order valence-corrected chi connectivity index (χ2v) is 6.04. The molecule has 126 valence electrons. The van der Waals surface area contributed by atoms with E-state index in [0.717, 1.165) is 17.0 Å². The molecule has 0 aliphatic heterocycles. The van der Waals surface area contributed by atoms with Crippen molar-refractivity contribution in [1.82, 2.24) is 20.3 Å². The molecule has 0 atom stereocenters. The highest BCUT2D eigenvalue weighted by molar-refractivity contribution is 9.10. The maximum atomic E-state index is 12.2. The molecule has 0 aliphatic carbocycles. The topological polar surface area (TPSA) is 100.0 Å². The van der Waals surface area contributed by atoms with Gasteiger partial charge in [0.25, 0.3) is 0 Å². The molecule has 0 amide bonds. The van der Waals surface area contributed by atoms with Crippen molar-refractivity contribution in [1.29, 1.82) is 0 Å². The third-order valence-electron chi connectivity index (χ3n) is 3.51. The number of hydrogen-bond donors (Lipinski definition) is 1. The molecule has 24 heavy (non-hydrogen) atoms. The zero-order chi connectivity index (χ0) is 17.1. The summed E-state index contributed by atoms with van der Waals surface area (Å²) in [6.07, 6.45) is 0.782. The van der Waals surface area contributed by atoms with Gasteiger partial charge in [0.1, 0.15) is 0 Å². The Balaban J connectivity index is 1.89. The van der Waals surface area contributed by atoms with Crippen LogP contribution >= 0.6 is 15.9 Å². The summed E-state index contributed by atoms with van der Waals surface area (Å²) in [7, 11) is 0. The summed E-state index contributed by atoms with van der Waals surface area (Å²) in [5.74, 6) is 0.425. The minimum absolute atomic E-state index is 0.269. The van der Waals surface area contributed by atoms with Gasteiger partial charge in [0.2, 0.25) is 11.5 Å². The molecule has 0 saturated carbocycles. The van der Waals surface area contributed by atoms with Gasteiger partial charge in [-0.1, -0.05) is 0 Å². The van der Waals surface area contributed by atoms with E-state index in [1.165, 1.54) is 0 Å². The monoisotopic (exact) mass is 395 g/mol. The molecule has 3 aromatic heterocycles. The maximum absolute atomic E-state index is 12.2. The van der Waals surface area contributed by atoms with Gasteiger partial charge in [-0.05, 0) is 45.3 Å². The molecule has 3 rings (SSSR count). The number of ether oxygens (including phenoxy) is 1. The van der Waals surface area contributed by atoms with Gasteiger partial charge in [-0.25, -0.2) is 14.6 Å². The number of fused-ring (bicyclic) bond motifs is 1. The smallest absolute Gasteiger partial charge is 0.228 e. The largest absolute Gasteiger partial charge is 0.477 e. The van der Waals surface area contributed by atoms with E-state index >= 15 is 0 Å². The minimum atomic E-state index is -0.426. The molecule has 0 bridgehead atoms.